The van der Waals surface area contributed by atoms with E-state index in [9.17, 15) is 4.79 Å². The molecule has 1 saturated carbocycles. The third kappa shape index (κ3) is 5.24. The fraction of sp³-hybridized carbons (Fsp3) is 0.500. The maximum Gasteiger partial charge on any atom is 0.298 e. The minimum absolute atomic E-state index is 0.125. The Hall–Kier alpha value is -1.99. The van der Waals surface area contributed by atoms with Crippen LogP contribution in [0.15, 0.2) is 24.3 Å². The fourth-order valence-corrected chi connectivity index (χ4v) is 3.49. The first-order chi connectivity index (χ1) is 12.2. The van der Waals surface area contributed by atoms with Gasteiger partial charge in [-0.2, -0.15) is 9.36 Å². The molecule has 1 aromatic heterocycles. The maximum absolute atomic E-state index is 12.3. The maximum atomic E-state index is 12.3. The lowest BCUT2D eigenvalue weighted by atomic mass is 9.88. The number of nitrogens with one attached hydrogen (secondary N) is 1. The first kappa shape index (κ1) is 17.8. The summed E-state index contributed by atoms with van der Waals surface area (Å²) in [6.45, 7) is 0.589. The summed E-state index contributed by atoms with van der Waals surface area (Å²) in [5, 5.41) is 3.50. The van der Waals surface area contributed by atoms with Crippen molar-refractivity contribution in [2.75, 3.05) is 19.0 Å². The third-order valence-electron chi connectivity index (χ3n) is 4.28. The summed E-state index contributed by atoms with van der Waals surface area (Å²) in [5.41, 5.74) is 0.793. The van der Waals surface area contributed by atoms with Gasteiger partial charge < -0.3 is 14.8 Å². The van der Waals surface area contributed by atoms with Crippen molar-refractivity contribution in [1.29, 1.82) is 0 Å². The Labute approximate surface area is 151 Å². The zero-order chi connectivity index (χ0) is 17.5. The molecule has 1 heterocycles. The molecule has 2 aromatic rings. The van der Waals surface area contributed by atoms with Gasteiger partial charge in [0.05, 0.1) is 6.61 Å². The van der Waals surface area contributed by atoms with Crippen molar-refractivity contribution in [3.8, 4) is 10.9 Å². The molecule has 134 valence electrons. The number of aromatic nitrogens is 2. The predicted octanol–water partition coefficient (Wildman–Crippen LogP) is 4.04. The molecule has 0 aliphatic heterocycles. The largest absolute Gasteiger partial charge is 0.430 e. The molecule has 6 nitrogen and oxygen atoms in total. The zero-order valence-electron chi connectivity index (χ0n) is 14.4. The van der Waals surface area contributed by atoms with Gasteiger partial charge >= 0.3 is 0 Å². The van der Waals surface area contributed by atoms with E-state index < -0.39 is 0 Å². The van der Waals surface area contributed by atoms with Crippen LogP contribution in [0.2, 0.25) is 0 Å². The van der Waals surface area contributed by atoms with Gasteiger partial charge in [-0.05, 0) is 37.1 Å². The highest BCUT2D eigenvalue weighted by atomic mass is 32.1. The molecular weight excluding hydrogens is 338 g/mol. The van der Waals surface area contributed by atoms with Gasteiger partial charge in [0.25, 0.3) is 5.19 Å². The molecule has 0 atom stereocenters. The Morgan fingerprint density at radius 2 is 2.00 bits per heavy atom. The van der Waals surface area contributed by atoms with Crippen LogP contribution in [0, 0.1) is 5.92 Å². The lowest BCUT2D eigenvalue weighted by molar-refractivity contribution is -0.120. The molecule has 0 spiro atoms. The Bertz CT molecular complexity index is 681. The average Bonchev–Trinajstić information content (AvgIpc) is 3.09. The van der Waals surface area contributed by atoms with Crippen LogP contribution in [-0.4, -0.2) is 29.0 Å². The van der Waals surface area contributed by atoms with E-state index in [1.54, 1.807) is 7.11 Å². The number of ether oxygens (including phenoxy) is 2. The van der Waals surface area contributed by atoms with Crippen molar-refractivity contribution in [3.05, 3.63) is 30.1 Å². The molecule has 25 heavy (non-hydrogen) atoms. The van der Waals surface area contributed by atoms with Crippen LogP contribution < -0.4 is 10.1 Å². The number of rotatable bonds is 7. The van der Waals surface area contributed by atoms with Crippen molar-refractivity contribution in [3.63, 3.8) is 0 Å². The van der Waals surface area contributed by atoms with Crippen molar-refractivity contribution in [2.24, 2.45) is 5.92 Å². The van der Waals surface area contributed by atoms with Crippen molar-refractivity contribution >= 4 is 23.1 Å². The number of hydrogen-bond acceptors (Lipinski definition) is 6. The zero-order valence-corrected chi connectivity index (χ0v) is 15.2. The summed E-state index contributed by atoms with van der Waals surface area (Å²) >= 11 is 1.22. The van der Waals surface area contributed by atoms with E-state index in [1.807, 2.05) is 24.3 Å². The SMILES string of the molecule is COCCc1nsc(Oc2ccc(NC(=O)C3CCCCC3)cc2)n1. The molecule has 0 saturated heterocycles. The van der Waals surface area contributed by atoms with Gasteiger partial charge in [-0.1, -0.05) is 19.3 Å². The molecular formula is C18H23N3O3S. The molecule has 1 fully saturated rings. The number of nitrogens with zero attached hydrogens (tertiary/aromatic N) is 2. The molecule has 1 N–H and O–H groups in total. The highest BCUT2D eigenvalue weighted by Gasteiger charge is 2.20. The second kappa shape index (κ2) is 8.92. The summed E-state index contributed by atoms with van der Waals surface area (Å²) < 4.78 is 14.9. The monoisotopic (exact) mass is 361 g/mol. The summed E-state index contributed by atoms with van der Waals surface area (Å²) in [6.07, 6.45) is 6.21. The minimum Gasteiger partial charge on any atom is -0.430 e. The summed E-state index contributed by atoms with van der Waals surface area (Å²) in [6, 6.07) is 7.35. The van der Waals surface area contributed by atoms with E-state index in [1.165, 1.54) is 18.0 Å². The molecule has 0 radical (unpaired) electrons. The van der Waals surface area contributed by atoms with Gasteiger partial charge in [0.15, 0.2) is 0 Å². The van der Waals surface area contributed by atoms with Gasteiger partial charge in [0.1, 0.15) is 11.6 Å². The Kier molecular flexibility index (Phi) is 6.36. The standard InChI is InChI=1S/C18H23N3O3S/c1-23-12-11-16-20-18(25-21-16)24-15-9-7-14(8-10-15)19-17(22)13-5-3-2-4-6-13/h7-10,13H,2-6,11-12H2,1H3,(H,19,22). The molecule has 3 rings (SSSR count). The number of carbonyl (C=O) groups is 1. The highest BCUT2D eigenvalue weighted by Crippen LogP contribution is 2.27. The summed E-state index contributed by atoms with van der Waals surface area (Å²) in [4.78, 5) is 16.6. The topological polar surface area (TPSA) is 73.3 Å². The molecule has 1 aliphatic carbocycles. The van der Waals surface area contributed by atoms with Crippen LogP contribution in [-0.2, 0) is 16.0 Å². The van der Waals surface area contributed by atoms with Crippen LogP contribution in [0.25, 0.3) is 0 Å². The van der Waals surface area contributed by atoms with Crippen molar-refractivity contribution < 1.29 is 14.3 Å². The van der Waals surface area contributed by atoms with E-state index in [-0.39, 0.29) is 11.8 Å². The first-order valence-electron chi connectivity index (χ1n) is 8.65. The second-order valence-electron chi connectivity index (χ2n) is 6.17. The lowest BCUT2D eigenvalue weighted by Crippen LogP contribution is -2.24. The summed E-state index contributed by atoms with van der Waals surface area (Å²) in [5.74, 6) is 1.67. The Morgan fingerprint density at radius 3 is 2.72 bits per heavy atom. The molecule has 1 aliphatic rings. The fourth-order valence-electron chi connectivity index (χ4n) is 2.89. The van der Waals surface area contributed by atoms with Gasteiger partial charge in [-0.15, -0.1) is 0 Å². The lowest BCUT2D eigenvalue weighted by Gasteiger charge is -2.20. The Balaban J connectivity index is 1.53. The van der Waals surface area contributed by atoms with Crippen molar-refractivity contribution in [2.45, 2.75) is 38.5 Å². The van der Waals surface area contributed by atoms with Gasteiger partial charge in [0.2, 0.25) is 5.91 Å². The van der Waals surface area contributed by atoms with Gasteiger partial charge in [-0.3, -0.25) is 4.79 Å². The highest BCUT2D eigenvalue weighted by molar-refractivity contribution is 7.07. The van der Waals surface area contributed by atoms with Crippen LogP contribution in [0.5, 0.6) is 10.9 Å². The number of benzene rings is 1. The van der Waals surface area contributed by atoms with E-state index in [2.05, 4.69) is 14.7 Å². The van der Waals surface area contributed by atoms with E-state index in [4.69, 9.17) is 9.47 Å². The smallest absolute Gasteiger partial charge is 0.298 e. The average molecular weight is 361 g/mol. The van der Waals surface area contributed by atoms with Crippen LogP contribution in [0.1, 0.15) is 37.9 Å². The van der Waals surface area contributed by atoms with Crippen molar-refractivity contribution in [1.82, 2.24) is 9.36 Å². The summed E-state index contributed by atoms with van der Waals surface area (Å²) in [7, 11) is 1.65. The van der Waals surface area contributed by atoms with E-state index in [0.29, 0.717) is 24.0 Å². The van der Waals surface area contributed by atoms with Crippen LogP contribution in [0.3, 0.4) is 0 Å². The first-order valence-corrected chi connectivity index (χ1v) is 9.42. The number of hydrogen-bond donors (Lipinski definition) is 1. The number of amides is 1. The minimum atomic E-state index is 0.125. The predicted molar refractivity (Wildman–Crippen MR) is 97.2 cm³/mol. The number of anilines is 1. The van der Waals surface area contributed by atoms with Gasteiger partial charge in [-0.25, -0.2) is 0 Å². The van der Waals surface area contributed by atoms with E-state index >= 15 is 0 Å². The Morgan fingerprint density at radius 1 is 1.24 bits per heavy atom. The van der Waals surface area contributed by atoms with E-state index in [0.717, 1.165) is 37.2 Å². The molecule has 0 unspecified atom stereocenters. The molecule has 1 aromatic carbocycles. The third-order valence-corrected chi connectivity index (χ3v) is 4.92. The molecule has 7 heteroatoms. The van der Waals surface area contributed by atoms with Crippen LogP contribution in [0.4, 0.5) is 5.69 Å². The molecule has 1 amide bonds. The number of methoxy groups -OCH3 is 1. The number of carbonyl (C=O) groups excluding carboxylic acids is 1. The quantitative estimate of drug-likeness (QED) is 0.806. The van der Waals surface area contributed by atoms with Gasteiger partial charge in [0, 0.05) is 36.7 Å². The second-order valence-corrected chi connectivity index (χ2v) is 6.88. The van der Waals surface area contributed by atoms with Crippen LogP contribution >= 0.6 is 11.5 Å². The normalized spacial score (nSPS) is 15.1. The molecule has 0 bridgehead atoms.